The van der Waals surface area contributed by atoms with Gasteiger partial charge in [-0.05, 0) is 43.9 Å². The number of ether oxygens (including phenoxy) is 5. The van der Waals surface area contributed by atoms with Gasteiger partial charge in [0.05, 0.1) is 13.7 Å². The maximum Gasteiger partial charge on any atom is 0.508 e. The van der Waals surface area contributed by atoms with Crippen LogP contribution in [0, 0.1) is 0 Å². The molecule has 10 nitrogen and oxygen atoms in total. The van der Waals surface area contributed by atoms with E-state index in [2.05, 4.69) is 0 Å². The van der Waals surface area contributed by atoms with Crippen LogP contribution in [-0.2, 0) is 35.0 Å². The number of carbonyl (C=O) groups excluding carboxylic acids is 4. The Labute approximate surface area is 212 Å². The highest BCUT2D eigenvalue weighted by Crippen LogP contribution is 2.31. The maximum absolute atomic E-state index is 12.5. The molecule has 10 heteroatoms. The van der Waals surface area contributed by atoms with Crippen LogP contribution >= 0.6 is 0 Å². The van der Waals surface area contributed by atoms with E-state index in [-0.39, 0.29) is 49.9 Å². The summed E-state index contributed by atoms with van der Waals surface area (Å²) >= 11 is 0. The average molecular weight is 510 g/mol. The van der Waals surface area contributed by atoms with Crippen LogP contribution in [0.4, 0.5) is 4.79 Å². The number of nitrogens with two attached hydrogens (primary N) is 1. The lowest BCUT2D eigenvalue weighted by Crippen LogP contribution is -2.51. The average Bonchev–Trinajstić information content (AvgIpc) is 2.80. The molecule has 0 unspecified atom stereocenters. The summed E-state index contributed by atoms with van der Waals surface area (Å²) in [6.07, 6.45) is 1.93. The Morgan fingerprint density at radius 1 is 0.944 bits per heavy atom. The molecule has 0 saturated carbocycles. The zero-order valence-corrected chi connectivity index (χ0v) is 21.9. The van der Waals surface area contributed by atoms with Crippen LogP contribution in [0.1, 0.15) is 78.2 Å². The lowest BCUT2D eigenvalue weighted by atomic mass is 9.88. The van der Waals surface area contributed by atoms with Crippen molar-refractivity contribution in [3.05, 3.63) is 23.8 Å². The van der Waals surface area contributed by atoms with Crippen molar-refractivity contribution in [2.24, 2.45) is 5.73 Å². The van der Waals surface area contributed by atoms with Crippen LogP contribution in [0.2, 0.25) is 0 Å². The van der Waals surface area contributed by atoms with E-state index in [1.54, 1.807) is 13.0 Å². The molecule has 0 bridgehead atoms. The second-order valence-corrected chi connectivity index (χ2v) is 8.62. The first-order valence-corrected chi connectivity index (χ1v) is 12.3. The number of rotatable bonds is 15. The molecule has 0 fully saturated rings. The predicted molar refractivity (Wildman–Crippen MR) is 132 cm³/mol. The van der Waals surface area contributed by atoms with Crippen molar-refractivity contribution < 1.29 is 42.9 Å². The summed E-state index contributed by atoms with van der Waals surface area (Å²) in [4.78, 5) is 48.6. The standard InChI is InChI=1S/C26H39NO9/c1-6-9-18(4)34-25(31)33-15-14-26(27,24(30)32-5)17-19-12-13-20(35-22(28)10-7-2)21(16-19)36-23(29)11-8-3/h12-13,16,18H,6-11,14-15,17,27H2,1-5H3/t18-,26+/m0/s1. The van der Waals surface area contributed by atoms with Crippen LogP contribution in [0.25, 0.3) is 0 Å². The molecule has 2 N–H and O–H groups in total. The van der Waals surface area contributed by atoms with Gasteiger partial charge in [-0.1, -0.05) is 33.3 Å². The molecule has 36 heavy (non-hydrogen) atoms. The first kappa shape index (κ1) is 30.9. The molecule has 0 heterocycles. The van der Waals surface area contributed by atoms with Gasteiger partial charge in [0.1, 0.15) is 11.6 Å². The quantitative estimate of drug-likeness (QED) is 0.269. The van der Waals surface area contributed by atoms with Crippen molar-refractivity contribution in [3.63, 3.8) is 0 Å². The van der Waals surface area contributed by atoms with Gasteiger partial charge in [-0.2, -0.15) is 0 Å². The Kier molecular flexibility index (Phi) is 13.5. The molecule has 0 saturated heterocycles. The topological polar surface area (TPSA) is 140 Å². The van der Waals surface area contributed by atoms with Crippen molar-refractivity contribution in [3.8, 4) is 11.5 Å². The van der Waals surface area contributed by atoms with Crippen LogP contribution < -0.4 is 15.2 Å². The lowest BCUT2D eigenvalue weighted by molar-refractivity contribution is -0.148. The Morgan fingerprint density at radius 2 is 1.56 bits per heavy atom. The smallest absolute Gasteiger partial charge is 0.468 e. The highest BCUT2D eigenvalue weighted by atomic mass is 16.7. The number of benzene rings is 1. The van der Waals surface area contributed by atoms with Crippen molar-refractivity contribution in [1.82, 2.24) is 0 Å². The molecule has 1 rings (SSSR count). The summed E-state index contributed by atoms with van der Waals surface area (Å²) in [5, 5.41) is 0. The molecular weight excluding hydrogens is 470 g/mol. The monoisotopic (exact) mass is 509 g/mol. The number of hydrogen-bond acceptors (Lipinski definition) is 10. The summed E-state index contributed by atoms with van der Waals surface area (Å²) < 4.78 is 25.9. The van der Waals surface area contributed by atoms with Crippen molar-refractivity contribution in [2.45, 2.75) is 90.7 Å². The van der Waals surface area contributed by atoms with E-state index in [4.69, 9.17) is 29.4 Å². The van der Waals surface area contributed by atoms with Gasteiger partial charge in [-0.25, -0.2) is 4.79 Å². The number of methoxy groups -OCH3 is 1. The van der Waals surface area contributed by atoms with E-state index in [1.807, 2.05) is 20.8 Å². The van der Waals surface area contributed by atoms with Gasteiger partial charge in [0.15, 0.2) is 11.5 Å². The normalized spacial score (nSPS) is 13.2. The zero-order chi connectivity index (χ0) is 27.1. The first-order valence-electron chi connectivity index (χ1n) is 12.3. The fraction of sp³-hybridized carbons (Fsp3) is 0.615. The largest absolute Gasteiger partial charge is 0.508 e. The summed E-state index contributed by atoms with van der Waals surface area (Å²) in [7, 11) is 1.21. The predicted octanol–water partition coefficient (Wildman–Crippen LogP) is 4.24. The minimum atomic E-state index is -1.55. The molecule has 0 aliphatic carbocycles. The Morgan fingerprint density at radius 3 is 2.11 bits per heavy atom. The van der Waals surface area contributed by atoms with Gasteiger partial charge >= 0.3 is 24.1 Å². The third kappa shape index (κ3) is 10.6. The minimum absolute atomic E-state index is 0.0220. The summed E-state index contributed by atoms with van der Waals surface area (Å²) in [6.45, 7) is 7.24. The molecular formula is C26H39NO9. The van der Waals surface area contributed by atoms with E-state index in [1.165, 1.54) is 19.2 Å². The van der Waals surface area contributed by atoms with Crippen LogP contribution in [0.3, 0.4) is 0 Å². The maximum atomic E-state index is 12.5. The van der Waals surface area contributed by atoms with E-state index < -0.39 is 29.6 Å². The molecule has 0 aromatic heterocycles. The fourth-order valence-electron chi connectivity index (χ4n) is 3.39. The van der Waals surface area contributed by atoms with E-state index >= 15 is 0 Å². The summed E-state index contributed by atoms with van der Waals surface area (Å²) in [5.74, 6) is -1.51. The van der Waals surface area contributed by atoms with Crippen molar-refractivity contribution in [2.75, 3.05) is 13.7 Å². The van der Waals surface area contributed by atoms with E-state index in [0.29, 0.717) is 24.8 Å². The van der Waals surface area contributed by atoms with Gasteiger partial charge in [0, 0.05) is 25.7 Å². The zero-order valence-electron chi connectivity index (χ0n) is 21.9. The van der Waals surface area contributed by atoms with Gasteiger partial charge in [0.2, 0.25) is 0 Å². The highest BCUT2D eigenvalue weighted by molar-refractivity contribution is 5.81. The fourth-order valence-corrected chi connectivity index (χ4v) is 3.39. The summed E-state index contributed by atoms with van der Waals surface area (Å²) in [6, 6.07) is 4.59. The number of esters is 3. The molecule has 0 radical (unpaired) electrons. The van der Waals surface area contributed by atoms with Crippen LogP contribution in [0.15, 0.2) is 18.2 Å². The Bertz CT molecular complexity index is 886. The Hall–Kier alpha value is -3.14. The lowest BCUT2D eigenvalue weighted by Gasteiger charge is -2.27. The number of carbonyl (C=O) groups is 4. The van der Waals surface area contributed by atoms with Crippen molar-refractivity contribution >= 4 is 24.1 Å². The highest BCUT2D eigenvalue weighted by Gasteiger charge is 2.36. The molecule has 202 valence electrons. The summed E-state index contributed by atoms with van der Waals surface area (Å²) in [5.41, 5.74) is 5.36. The second kappa shape index (κ2) is 15.8. The van der Waals surface area contributed by atoms with Crippen molar-refractivity contribution in [1.29, 1.82) is 0 Å². The van der Waals surface area contributed by atoms with Gasteiger partial charge in [0.25, 0.3) is 0 Å². The molecule has 1 aromatic carbocycles. The van der Waals surface area contributed by atoms with E-state index in [0.717, 1.165) is 6.42 Å². The molecule has 0 spiro atoms. The van der Waals surface area contributed by atoms with Gasteiger partial charge in [-0.3, -0.25) is 14.4 Å². The van der Waals surface area contributed by atoms with Crippen LogP contribution in [0.5, 0.6) is 11.5 Å². The van der Waals surface area contributed by atoms with Gasteiger partial charge in [-0.15, -0.1) is 0 Å². The van der Waals surface area contributed by atoms with E-state index in [9.17, 15) is 19.2 Å². The molecule has 2 atom stereocenters. The molecule has 1 aromatic rings. The molecule has 0 amide bonds. The second-order valence-electron chi connectivity index (χ2n) is 8.62. The van der Waals surface area contributed by atoms with Crippen LogP contribution in [-0.4, -0.2) is 49.4 Å². The third-order valence-corrected chi connectivity index (χ3v) is 5.24. The number of hydrogen-bond donors (Lipinski definition) is 1. The third-order valence-electron chi connectivity index (χ3n) is 5.24. The van der Waals surface area contributed by atoms with Gasteiger partial charge < -0.3 is 29.4 Å². The first-order chi connectivity index (χ1) is 17.1. The molecule has 0 aliphatic rings. The minimum Gasteiger partial charge on any atom is -0.468 e. The Balaban J connectivity index is 3.05. The SMILES string of the molecule is CCCC(=O)Oc1ccc(C[C@](N)(CCOC(=O)O[C@@H](C)CCC)C(=O)OC)cc1OC(=O)CCC. The molecule has 0 aliphatic heterocycles.